The molecule has 38 heavy (non-hydrogen) atoms. The number of carbonyl (C=O) groups excluding carboxylic acids is 2. The fraction of sp³-hybridized carbons (Fsp3) is 0.269. The summed E-state index contributed by atoms with van der Waals surface area (Å²) in [5.74, 6) is -0.858. The lowest BCUT2D eigenvalue weighted by Crippen LogP contribution is -2.28. The average Bonchev–Trinajstić information content (AvgIpc) is 3.36. The Morgan fingerprint density at radius 1 is 1.05 bits per heavy atom. The van der Waals surface area contributed by atoms with Crippen molar-refractivity contribution < 1.29 is 27.1 Å². The predicted molar refractivity (Wildman–Crippen MR) is 139 cm³/mol. The number of pyridine rings is 2. The number of fused-ring (bicyclic) bond motifs is 1. The first-order chi connectivity index (χ1) is 18.1. The summed E-state index contributed by atoms with van der Waals surface area (Å²) in [6.45, 7) is 3.66. The molecule has 200 valence electrons. The highest BCUT2D eigenvalue weighted by Gasteiger charge is 2.19. The van der Waals surface area contributed by atoms with Crippen LogP contribution >= 0.6 is 0 Å². The first-order valence-corrected chi connectivity index (χ1v) is 13.6. The summed E-state index contributed by atoms with van der Waals surface area (Å²) in [5, 5.41) is 7.86. The monoisotopic (exact) mass is 541 g/mol. The smallest absolute Gasteiger partial charge is 0.305 e. The van der Waals surface area contributed by atoms with Gasteiger partial charge in [0.1, 0.15) is 5.82 Å². The topological polar surface area (TPSA) is 133 Å². The van der Waals surface area contributed by atoms with Crippen LogP contribution in [0.5, 0.6) is 0 Å². The van der Waals surface area contributed by atoms with Crippen LogP contribution in [0.15, 0.2) is 66.2 Å². The minimum Gasteiger partial charge on any atom is -0.469 e. The third kappa shape index (κ3) is 6.76. The SMILES string of the molecule is CCC(=O)OC.CC[C@H](NC(=O)c1cncc2c1cnn2-c1ccc(F)cc1)c1ccc(S(C)(=O)=O)nc1. The van der Waals surface area contributed by atoms with Gasteiger partial charge >= 0.3 is 5.97 Å². The molecule has 10 nitrogen and oxygen atoms in total. The summed E-state index contributed by atoms with van der Waals surface area (Å²) in [4.78, 5) is 31.2. The molecule has 0 saturated carbocycles. The second kappa shape index (κ2) is 12.4. The van der Waals surface area contributed by atoms with Crippen molar-refractivity contribution in [3.05, 3.63) is 78.1 Å². The number of hydrogen-bond donors (Lipinski definition) is 1. The summed E-state index contributed by atoms with van der Waals surface area (Å²) < 4.78 is 42.4. The van der Waals surface area contributed by atoms with Crippen LogP contribution < -0.4 is 5.32 Å². The maximum atomic E-state index is 13.3. The molecule has 0 aliphatic carbocycles. The summed E-state index contributed by atoms with van der Waals surface area (Å²) in [6, 6.07) is 8.55. The fourth-order valence-electron chi connectivity index (χ4n) is 3.53. The molecule has 4 rings (SSSR count). The first-order valence-electron chi connectivity index (χ1n) is 11.7. The van der Waals surface area contributed by atoms with E-state index in [1.54, 1.807) is 42.2 Å². The van der Waals surface area contributed by atoms with Crippen LogP contribution in [0.4, 0.5) is 4.39 Å². The van der Waals surface area contributed by atoms with E-state index in [-0.39, 0.29) is 28.8 Å². The lowest BCUT2D eigenvalue weighted by atomic mass is 10.1. The zero-order valence-electron chi connectivity index (χ0n) is 21.4. The Morgan fingerprint density at radius 2 is 1.76 bits per heavy atom. The third-order valence-electron chi connectivity index (χ3n) is 5.58. The molecule has 1 amide bonds. The zero-order chi connectivity index (χ0) is 27.9. The van der Waals surface area contributed by atoms with Crippen molar-refractivity contribution in [1.82, 2.24) is 25.1 Å². The van der Waals surface area contributed by atoms with E-state index < -0.39 is 9.84 Å². The largest absolute Gasteiger partial charge is 0.469 e. The molecular formula is C26H28FN5O5S. The number of methoxy groups -OCH3 is 1. The molecule has 3 heterocycles. The number of rotatable bonds is 7. The Morgan fingerprint density at radius 3 is 2.29 bits per heavy atom. The molecule has 3 aromatic heterocycles. The van der Waals surface area contributed by atoms with Gasteiger partial charge in [-0.2, -0.15) is 5.10 Å². The van der Waals surface area contributed by atoms with E-state index in [2.05, 4.69) is 25.1 Å². The van der Waals surface area contributed by atoms with Crippen LogP contribution in [-0.2, 0) is 19.4 Å². The summed E-state index contributed by atoms with van der Waals surface area (Å²) in [5.41, 5.74) is 2.28. The normalized spacial score (nSPS) is 11.8. The Bertz CT molecular complexity index is 1510. The van der Waals surface area contributed by atoms with E-state index in [9.17, 15) is 22.4 Å². The molecule has 0 aliphatic rings. The van der Waals surface area contributed by atoms with Crippen LogP contribution in [-0.4, -0.2) is 53.4 Å². The number of nitrogens with one attached hydrogen (secondary N) is 1. The molecule has 4 aromatic rings. The van der Waals surface area contributed by atoms with Crippen LogP contribution in [0.2, 0.25) is 0 Å². The molecule has 12 heteroatoms. The Kier molecular flexibility index (Phi) is 9.24. The van der Waals surface area contributed by atoms with Gasteiger partial charge in [-0.1, -0.05) is 19.9 Å². The molecule has 1 atom stereocenters. The third-order valence-corrected chi connectivity index (χ3v) is 6.59. The number of nitrogens with zero attached hydrogens (tertiary/aromatic N) is 4. The van der Waals surface area contributed by atoms with Crippen molar-refractivity contribution in [1.29, 1.82) is 0 Å². The van der Waals surface area contributed by atoms with E-state index in [1.165, 1.54) is 37.7 Å². The van der Waals surface area contributed by atoms with Crippen LogP contribution in [0.3, 0.4) is 0 Å². The van der Waals surface area contributed by atoms with Gasteiger partial charge in [-0.25, -0.2) is 22.5 Å². The summed E-state index contributed by atoms with van der Waals surface area (Å²) in [6.07, 6.45) is 8.21. The van der Waals surface area contributed by atoms with Gasteiger partial charge in [0.25, 0.3) is 5.91 Å². The van der Waals surface area contributed by atoms with Crippen molar-refractivity contribution in [3.8, 4) is 5.69 Å². The summed E-state index contributed by atoms with van der Waals surface area (Å²) in [7, 11) is -2.02. The molecular weight excluding hydrogens is 513 g/mol. The minimum absolute atomic E-state index is 0.0235. The molecule has 0 unspecified atom stereocenters. The molecule has 0 fully saturated rings. The van der Waals surface area contributed by atoms with Crippen molar-refractivity contribution in [2.45, 2.75) is 37.8 Å². The van der Waals surface area contributed by atoms with Crippen LogP contribution in [0.25, 0.3) is 16.6 Å². The Hall–Kier alpha value is -4.19. The fourth-order valence-corrected chi connectivity index (χ4v) is 4.09. The number of ether oxygens (including phenoxy) is 1. The van der Waals surface area contributed by atoms with Crippen molar-refractivity contribution in [3.63, 3.8) is 0 Å². The van der Waals surface area contributed by atoms with E-state index in [1.807, 2.05) is 6.92 Å². The highest BCUT2D eigenvalue weighted by atomic mass is 32.2. The van der Waals surface area contributed by atoms with Crippen LogP contribution in [0.1, 0.15) is 48.7 Å². The molecule has 0 aliphatic heterocycles. The number of benzene rings is 1. The maximum Gasteiger partial charge on any atom is 0.305 e. The maximum absolute atomic E-state index is 13.3. The van der Waals surface area contributed by atoms with Crippen molar-refractivity contribution >= 4 is 32.6 Å². The standard InChI is InChI=1S/C22H20FN5O3S.C4H8O2/c1-3-19(14-4-9-21(25-10-14)32(2,30)31)27-22(29)18-11-24-13-20-17(18)12-26-28(20)16-7-5-15(23)6-8-16;1-3-4(5)6-2/h4-13,19H,3H2,1-2H3,(H,27,29);3H2,1-2H3/t19-;/m0./s1. The number of aromatic nitrogens is 4. The molecule has 0 saturated heterocycles. The number of hydrogen-bond acceptors (Lipinski definition) is 8. The number of halogens is 1. The first kappa shape index (κ1) is 28.4. The van der Waals surface area contributed by atoms with Gasteiger partial charge in [0.2, 0.25) is 0 Å². The Labute approximate surface area is 219 Å². The van der Waals surface area contributed by atoms with Gasteiger partial charge in [0.15, 0.2) is 14.9 Å². The van der Waals surface area contributed by atoms with E-state index >= 15 is 0 Å². The minimum atomic E-state index is -3.40. The van der Waals surface area contributed by atoms with Gasteiger partial charge < -0.3 is 10.1 Å². The quantitative estimate of drug-likeness (QED) is 0.349. The van der Waals surface area contributed by atoms with Crippen molar-refractivity contribution in [2.24, 2.45) is 0 Å². The molecule has 0 radical (unpaired) electrons. The highest BCUT2D eigenvalue weighted by Crippen LogP contribution is 2.23. The number of amides is 1. The predicted octanol–water partition coefficient (Wildman–Crippen LogP) is 3.81. The van der Waals surface area contributed by atoms with E-state index in [0.29, 0.717) is 40.6 Å². The van der Waals surface area contributed by atoms with Crippen LogP contribution in [0, 0.1) is 5.82 Å². The van der Waals surface area contributed by atoms with Gasteiger partial charge in [-0.15, -0.1) is 0 Å². The zero-order valence-corrected chi connectivity index (χ0v) is 22.2. The Balaban J connectivity index is 0.000000599. The number of sulfone groups is 1. The molecule has 0 bridgehead atoms. The summed E-state index contributed by atoms with van der Waals surface area (Å²) >= 11 is 0. The van der Waals surface area contributed by atoms with E-state index in [0.717, 1.165) is 6.26 Å². The van der Waals surface area contributed by atoms with Crippen molar-refractivity contribution in [2.75, 3.05) is 13.4 Å². The van der Waals surface area contributed by atoms with Gasteiger partial charge in [0.05, 0.1) is 42.3 Å². The lowest BCUT2D eigenvalue weighted by Gasteiger charge is -2.17. The van der Waals surface area contributed by atoms with E-state index in [4.69, 9.17) is 0 Å². The second-order valence-corrected chi connectivity index (χ2v) is 10.2. The highest BCUT2D eigenvalue weighted by molar-refractivity contribution is 7.90. The molecule has 0 spiro atoms. The molecule has 1 aromatic carbocycles. The lowest BCUT2D eigenvalue weighted by molar-refractivity contribution is -0.140. The van der Waals surface area contributed by atoms with Gasteiger partial charge in [-0.3, -0.25) is 14.6 Å². The van der Waals surface area contributed by atoms with Gasteiger partial charge in [-0.05, 0) is 42.3 Å². The number of carbonyl (C=O) groups is 2. The molecule has 1 N–H and O–H groups in total. The average molecular weight is 542 g/mol. The van der Waals surface area contributed by atoms with Gasteiger partial charge in [0, 0.05) is 30.5 Å². The number of esters is 1. The second-order valence-electron chi connectivity index (χ2n) is 8.22.